The molecule has 2 heterocycles. The van der Waals surface area contributed by atoms with Crippen molar-refractivity contribution in [2.24, 2.45) is 10.4 Å². The van der Waals surface area contributed by atoms with Gasteiger partial charge in [0.25, 0.3) is 0 Å². The van der Waals surface area contributed by atoms with Crippen LogP contribution in [-0.2, 0) is 13.2 Å². The number of ether oxygens (including phenoxy) is 1. The third-order valence-corrected chi connectivity index (χ3v) is 5.93. The van der Waals surface area contributed by atoms with Crippen molar-refractivity contribution in [1.29, 1.82) is 0 Å². The second-order valence-corrected chi connectivity index (χ2v) is 7.95. The standard InChI is InChI=1S/C23H30N4O/c1-2-24-22(27-15-13-23(18-27)11-5-12-23)26-16-19-7-9-21(10-8-19)28-17-20-6-3-4-14-25-20/h3-4,6-10,14H,2,5,11-13,15-18H2,1H3,(H,24,26). The van der Waals surface area contributed by atoms with Gasteiger partial charge in [-0.3, -0.25) is 4.98 Å². The predicted molar refractivity (Wildman–Crippen MR) is 112 cm³/mol. The Balaban J connectivity index is 1.33. The summed E-state index contributed by atoms with van der Waals surface area (Å²) in [5, 5.41) is 3.47. The van der Waals surface area contributed by atoms with Gasteiger partial charge < -0.3 is 15.0 Å². The quantitative estimate of drug-likeness (QED) is 0.610. The molecule has 1 aromatic heterocycles. The molecular formula is C23H30N4O. The van der Waals surface area contributed by atoms with E-state index in [9.17, 15) is 0 Å². The van der Waals surface area contributed by atoms with Crippen LogP contribution in [0.1, 0.15) is 43.9 Å². The number of rotatable bonds is 6. The zero-order valence-corrected chi connectivity index (χ0v) is 16.7. The minimum absolute atomic E-state index is 0.486. The van der Waals surface area contributed by atoms with Gasteiger partial charge in [-0.25, -0.2) is 4.99 Å². The molecule has 1 saturated carbocycles. The van der Waals surface area contributed by atoms with Gasteiger partial charge >= 0.3 is 0 Å². The summed E-state index contributed by atoms with van der Waals surface area (Å²) in [5.74, 6) is 1.92. The molecule has 1 spiro atoms. The van der Waals surface area contributed by atoms with Gasteiger partial charge in [0, 0.05) is 25.8 Å². The van der Waals surface area contributed by atoms with Crippen molar-refractivity contribution in [3.05, 3.63) is 59.9 Å². The fourth-order valence-electron chi connectivity index (χ4n) is 4.12. The smallest absolute Gasteiger partial charge is 0.194 e. The largest absolute Gasteiger partial charge is 0.487 e. The lowest BCUT2D eigenvalue weighted by molar-refractivity contribution is 0.151. The molecule has 0 radical (unpaired) electrons. The van der Waals surface area contributed by atoms with Gasteiger partial charge in [0.05, 0.1) is 12.2 Å². The molecule has 0 bridgehead atoms. The van der Waals surface area contributed by atoms with Crippen LogP contribution in [0.3, 0.4) is 0 Å². The number of benzene rings is 1. The molecule has 0 unspecified atom stereocenters. The van der Waals surface area contributed by atoms with E-state index in [4.69, 9.17) is 9.73 Å². The lowest BCUT2D eigenvalue weighted by Crippen LogP contribution is -2.42. The Morgan fingerprint density at radius 2 is 2.04 bits per heavy atom. The maximum Gasteiger partial charge on any atom is 0.194 e. The van der Waals surface area contributed by atoms with E-state index >= 15 is 0 Å². The summed E-state index contributed by atoms with van der Waals surface area (Å²) in [6.45, 7) is 6.51. The van der Waals surface area contributed by atoms with Crippen LogP contribution in [-0.4, -0.2) is 35.5 Å². The van der Waals surface area contributed by atoms with Crippen LogP contribution in [0, 0.1) is 5.41 Å². The SMILES string of the molecule is CCNC(=NCc1ccc(OCc2ccccn2)cc1)N1CCC2(CCC2)C1. The van der Waals surface area contributed by atoms with Gasteiger partial charge in [-0.05, 0) is 61.4 Å². The maximum absolute atomic E-state index is 5.82. The zero-order valence-electron chi connectivity index (χ0n) is 16.7. The molecule has 148 valence electrons. The van der Waals surface area contributed by atoms with Crippen LogP contribution in [0.15, 0.2) is 53.7 Å². The van der Waals surface area contributed by atoms with Crippen molar-refractivity contribution in [1.82, 2.24) is 15.2 Å². The first-order valence-corrected chi connectivity index (χ1v) is 10.4. The summed E-state index contributed by atoms with van der Waals surface area (Å²) in [5.41, 5.74) is 2.71. The van der Waals surface area contributed by atoms with Crippen molar-refractivity contribution in [3.63, 3.8) is 0 Å². The van der Waals surface area contributed by atoms with Crippen molar-refractivity contribution in [2.75, 3.05) is 19.6 Å². The topological polar surface area (TPSA) is 49.8 Å². The lowest BCUT2D eigenvalue weighted by atomic mass is 9.68. The second-order valence-electron chi connectivity index (χ2n) is 7.95. The number of aliphatic imine (C=N–C) groups is 1. The Morgan fingerprint density at radius 3 is 2.68 bits per heavy atom. The molecule has 2 fully saturated rings. The van der Waals surface area contributed by atoms with Gasteiger partial charge in [-0.15, -0.1) is 0 Å². The molecule has 4 rings (SSSR count). The summed E-state index contributed by atoms with van der Waals surface area (Å²) in [6.07, 6.45) is 7.29. The van der Waals surface area contributed by atoms with Crippen molar-refractivity contribution in [2.45, 2.75) is 45.8 Å². The second kappa shape index (κ2) is 8.63. The molecule has 1 aliphatic carbocycles. The molecular weight excluding hydrogens is 348 g/mol. The van der Waals surface area contributed by atoms with Crippen molar-refractivity contribution in [3.8, 4) is 5.75 Å². The van der Waals surface area contributed by atoms with Crippen LogP contribution in [0.25, 0.3) is 0 Å². The molecule has 28 heavy (non-hydrogen) atoms. The zero-order chi connectivity index (χ0) is 19.2. The Hall–Kier alpha value is -2.56. The fraction of sp³-hybridized carbons (Fsp3) is 0.478. The highest BCUT2D eigenvalue weighted by Gasteiger charge is 2.43. The van der Waals surface area contributed by atoms with E-state index < -0.39 is 0 Å². The van der Waals surface area contributed by atoms with E-state index in [-0.39, 0.29) is 0 Å². The van der Waals surface area contributed by atoms with Gasteiger partial charge in [-0.1, -0.05) is 24.6 Å². The van der Waals surface area contributed by atoms with Crippen LogP contribution < -0.4 is 10.1 Å². The Morgan fingerprint density at radius 1 is 1.18 bits per heavy atom. The third-order valence-electron chi connectivity index (χ3n) is 5.93. The number of pyridine rings is 1. The van der Waals surface area contributed by atoms with Crippen molar-refractivity contribution < 1.29 is 4.74 Å². The summed E-state index contributed by atoms with van der Waals surface area (Å²) in [7, 11) is 0. The molecule has 0 amide bonds. The third kappa shape index (κ3) is 4.46. The number of guanidine groups is 1. The van der Waals surface area contributed by atoms with E-state index in [0.717, 1.165) is 30.5 Å². The number of hydrogen-bond acceptors (Lipinski definition) is 3. The first-order chi connectivity index (χ1) is 13.8. The lowest BCUT2D eigenvalue weighted by Gasteiger charge is -2.38. The normalized spacial score (nSPS) is 18.2. The highest BCUT2D eigenvalue weighted by Crippen LogP contribution is 2.47. The molecule has 1 aromatic carbocycles. The average Bonchev–Trinajstić information content (AvgIpc) is 3.17. The molecule has 2 aliphatic rings. The average molecular weight is 379 g/mol. The van der Waals surface area contributed by atoms with Crippen LogP contribution >= 0.6 is 0 Å². The Kier molecular flexibility index (Phi) is 5.79. The van der Waals surface area contributed by atoms with Gasteiger partial charge in [-0.2, -0.15) is 0 Å². The van der Waals surface area contributed by atoms with E-state index in [1.54, 1.807) is 6.20 Å². The van der Waals surface area contributed by atoms with E-state index in [1.807, 2.05) is 30.3 Å². The van der Waals surface area contributed by atoms with Crippen LogP contribution in [0.4, 0.5) is 0 Å². The summed E-state index contributed by atoms with van der Waals surface area (Å²) < 4.78 is 5.82. The monoisotopic (exact) mass is 378 g/mol. The first-order valence-electron chi connectivity index (χ1n) is 10.4. The summed E-state index contributed by atoms with van der Waals surface area (Å²) in [4.78, 5) is 11.6. The maximum atomic E-state index is 5.82. The number of nitrogens with zero attached hydrogens (tertiary/aromatic N) is 3. The molecule has 5 nitrogen and oxygen atoms in total. The number of hydrogen-bond donors (Lipinski definition) is 1. The number of aromatic nitrogens is 1. The van der Waals surface area contributed by atoms with Gasteiger partial charge in [0.15, 0.2) is 5.96 Å². The van der Waals surface area contributed by atoms with Gasteiger partial charge in [0.1, 0.15) is 12.4 Å². The van der Waals surface area contributed by atoms with E-state index in [1.165, 1.54) is 37.8 Å². The van der Waals surface area contributed by atoms with Crippen LogP contribution in [0.2, 0.25) is 0 Å². The minimum atomic E-state index is 0.486. The minimum Gasteiger partial charge on any atom is -0.487 e. The molecule has 1 N–H and O–H groups in total. The van der Waals surface area contributed by atoms with E-state index in [0.29, 0.717) is 18.6 Å². The van der Waals surface area contributed by atoms with Gasteiger partial charge in [0.2, 0.25) is 0 Å². The first kappa shape index (κ1) is 18.8. The number of nitrogens with one attached hydrogen (secondary N) is 1. The number of likely N-dealkylation sites (tertiary alicyclic amines) is 1. The molecule has 1 aliphatic heterocycles. The Bertz CT molecular complexity index is 784. The Labute approximate surface area is 167 Å². The molecule has 2 aromatic rings. The van der Waals surface area contributed by atoms with Crippen LogP contribution in [0.5, 0.6) is 5.75 Å². The highest BCUT2D eigenvalue weighted by atomic mass is 16.5. The molecule has 0 atom stereocenters. The highest BCUT2D eigenvalue weighted by molar-refractivity contribution is 5.80. The molecule has 1 saturated heterocycles. The fourth-order valence-corrected chi connectivity index (χ4v) is 4.12. The summed E-state index contributed by atoms with van der Waals surface area (Å²) in [6, 6.07) is 14.1. The predicted octanol–water partition coefficient (Wildman–Crippen LogP) is 4.00. The van der Waals surface area contributed by atoms with Crippen molar-refractivity contribution >= 4 is 5.96 Å². The molecule has 5 heteroatoms. The van der Waals surface area contributed by atoms with E-state index in [2.05, 4.69) is 34.3 Å². The summed E-state index contributed by atoms with van der Waals surface area (Å²) >= 11 is 0.